The smallest absolute Gasteiger partial charge is 0.309 e. The largest absolute Gasteiger partial charge is 0.469 e. The van der Waals surface area contributed by atoms with Crippen LogP contribution in [0.2, 0.25) is 0 Å². The zero-order valence-corrected chi connectivity index (χ0v) is 9.86. The molecule has 1 rings (SSSR count). The second-order valence-corrected chi connectivity index (χ2v) is 4.21. The molecule has 1 heterocycles. The molecule has 1 unspecified atom stereocenters. The molecule has 1 atom stereocenters. The highest BCUT2D eigenvalue weighted by molar-refractivity contribution is 5.72. The molecule has 4 heteroatoms. The van der Waals surface area contributed by atoms with Crippen molar-refractivity contribution < 1.29 is 14.3 Å². The van der Waals surface area contributed by atoms with E-state index in [1.807, 2.05) is 6.92 Å². The summed E-state index contributed by atoms with van der Waals surface area (Å²) >= 11 is 0. The highest BCUT2D eigenvalue weighted by Gasteiger charge is 2.22. The Bertz CT molecular complexity index is 202. The molecular formula is C11H21NO3. The summed E-state index contributed by atoms with van der Waals surface area (Å²) < 4.78 is 10.0. The molecular weight excluding hydrogens is 194 g/mol. The fourth-order valence-electron chi connectivity index (χ4n) is 1.98. The van der Waals surface area contributed by atoms with Gasteiger partial charge in [-0.05, 0) is 19.9 Å². The molecule has 1 aliphatic heterocycles. The number of esters is 1. The van der Waals surface area contributed by atoms with Crippen molar-refractivity contribution in [1.82, 2.24) is 4.90 Å². The van der Waals surface area contributed by atoms with Crippen LogP contribution in [0, 0.1) is 5.92 Å². The van der Waals surface area contributed by atoms with Crippen LogP contribution in [0.1, 0.15) is 19.8 Å². The molecule has 0 aromatic heterocycles. The van der Waals surface area contributed by atoms with Crippen molar-refractivity contribution in [3.05, 3.63) is 0 Å². The lowest BCUT2D eigenvalue weighted by Crippen LogP contribution is -2.40. The maximum atomic E-state index is 11.3. The van der Waals surface area contributed by atoms with Crippen LogP contribution in [0.3, 0.4) is 0 Å². The first kappa shape index (κ1) is 12.5. The first-order valence-electron chi connectivity index (χ1n) is 5.51. The van der Waals surface area contributed by atoms with E-state index in [9.17, 15) is 4.79 Å². The summed E-state index contributed by atoms with van der Waals surface area (Å²) in [4.78, 5) is 13.5. The lowest BCUT2D eigenvalue weighted by molar-refractivity contribution is -0.145. The average Bonchev–Trinajstić information content (AvgIpc) is 2.29. The molecule has 0 aromatic carbocycles. The summed E-state index contributed by atoms with van der Waals surface area (Å²) in [5.41, 5.74) is 0. The third-order valence-corrected chi connectivity index (χ3v) is 2.98. The van der Waals surface area contributed by atoms with Gasteiger partial charge >= 0.3 is 5.97 Å². The maximum absolute atomic E-state index is 11.3. The van der Waals surface area contributed by atoms with E-state index < -0.39 is 0 Å². The number of hydrogen-bond donors (Lipinski definition) is 0. The van der Waals surface area contributed by atoms with E-state index in [1.165, 1.54) is 7.11 Å². The van der Waals surface area contributed by atoms with Gasteiger partial charge in [0.05, 0.1) is 13.0 Å². The summed E-state index contributed by atoms with van der Waals surface area (Å²) in [7, 11) is 3.50. The van der Waals surface area contributed by atoms with Crippen LogP contribution in [0.25, 0.3) is 0 Å². The third-order valence-electron chi connectivity index (χ3n) is 2.98. The van der Waals surface area contributed by atoms with Gasteiger partial charge in [-0.1, -0.05) is 6.92 Å². The molecule has 0 aliphatic carbocycles. The maximum Gasteiger partial charge on any atom is 0.309 e. The predicted molar refractivity (Wildman–Crippen MR) is 57.7 cm³/mol. The van der Waals surface area contributed by atoms with Crippen LogP contribution in [-0.4, -0.2) is 50.8 Å². The van der Waals surface area contributed by atoms with Gasteiger partial charge in [-0.15, -0.1) is 0 Å². The summed E-state index contributed by atoms with van der Waals surface area (Å²) in [5.74, 6) is -0.184. The highest BCUT2D eigenvalue weighted by atomic mass is 16.5. The second kappa shape index (κ2) is 6.08. The number of hydrogen-bond acceptors (Lipinski definition) is 4. The number of carbonyl (C=O) groups excluding carboxylic acids is 1. The van der Waals surface area contributed by atoms with E-state index in [2.05, 4.69) is 11.9 Å². The fourth-order valence-corrected chi connectivity index (χ4v) is 1.98. The van der Waals surface area contributed by atoms with Crippen molar-refractivity contribution in [2.75, 3.05) is 33.9 Å². The van der Waals surface area contributed by atoms with Gasteiger partial charge in [-0.3, -0.25) is 4.79 Å². The van der Waals surface area contributed by atoms with Gasteiger partial charge < -0.3 is 14.4 Å². The summed E-state index contributed by atoms with van der Waals surface area (Å²) in [6.07, 6.45) is 2.12. The molecule has 15 heavy (non-hydrogen) atoms. The molecule has 1 aliphatic rings. The molecule has 0 aromatic rings. The zero-order valence-electron chi connectivity index (χ0n) is 9.86. The molecule has 0 radical (unpaired) electrons. The van der Waals surface area contributed by atoms with Crippen molar-refractivity contribution in [3.63, 3.8) is 0 Å². The van der Waals surface area contributed by atoms with Gasteiger partial charge in [0, 0.05) is 25.8 Å². The topological polar surface area (TPSA) is 38.8 Å². The number of methoxy groups -OCH3 is 1. The molecule has 4 nitrogen and oxygen atoms in total. The lowest BCUT2D eigenvalue weighted by Gasteiger charge is -2.32. The number of rotatable bonds is 4. The molecule has 0 amide bonds. The van der Waals surface area contributed by atoms with E-state index in [0.717, 1.165) is 32.6 Å². The quantitative estimate of drug-likeness (QED) is 0.653. The minimum Gasteiger partial charge on any atom is -0.469 e. The van der Waals surface area contributed by atoms with Crippen LogP contribution in [0.15, 0.2) is 0 Å². The number of carbonyl (C=O) groups is 1. The van der Waals surface area contributed by atoms with Gasteiger partial charge in [-0.2, -0.15) is 0 Å². The Hall–Kier alpha value is -0.610. The van der Waals surface area contributed by atoms with Gasteiger partial charge in [0.2, 0.25) is 0 Å². The van der Waals surface area contributed by atoms with Gasteiger partial charge in [0.15, 0.2) is 0 Å². The van der Waals surface area contributed by atoms with E-state index in [-0.39, 0.29) is 11.9 Å². The van der Waals surface area contributed by atoms with E-state index in [4.69, 9.17) is 9.47 Å². The Morgan fingerprint density at radius 3 is 2.67 bits per heavy atom. The molecule has 0 saturated carbocycles. The van der Waals surface area contributed by atoms with Gasteiger partial charge in [0.1, 0.15) is 0 Å². The van der Waals surface area contributed by atoms with Gasteiger partial charge in [-0.25, -0.2) is 0 Å². The third kappa shape index (κ3) is 3.80. The van der Waals surface area contributed by atoms with Crippen LogP contribution in [0.4, 0.5) is 0 Å². The molecule has 0 spiro atoms. The molecule has 1 fully saturated rings. The Kier molecular flexibility index (Phi) is 5.05. The van der Waals surface area contributed by atoms with Crippen LogP contribution in [0.5, 0.6) is 0 Å². The Labute approximate surface area is 91.5 Å². The van der Waals surface area contributed by atoms with E-state index in [1.54, 1.807) is 0 Å². The lowest BCUT2D eigenvalue weighted by atomic mass is 10.1. The van der Waals surface area contributed by atoms with Crippen molar-refractivity contribution in [2.45, 2.75) is 25.8 Å². The standard InChI is InChI=1S/C11H21NO3/c1-9(11(13)14-3)8-12(2)10-4-6-15-7-5-10/h9-10H,4-8H2,1-3H3. The van der Waals surface area contributed by atoms with E-state index >= 15 is 0 Å². The Morgan fingerprint density at radius 2 is 2.13 bits per heavy atom. The van der Waals surface area contributed by atoms with Crippen LogP contribution in [-0.2, 0) is 14.3 Å². The molecule has 88 valence electrons. The summed E-state index contributed by atoms with van der Waals surface area (Å²) in [6.45, 7) is 4.34. The normalized spacial score (nSPS) is 20.3. The minimum absolute atomic E-state index is 0.0529. The first-order chi connectivity index (χ1) is 7.15. The minimum atomic E-state index is -0.131. The summed E-state index contributed by atoms with van der Waals surface area (Å²) in [5, 5.41) is 0. The predicted octanol–water partition coefficient (Wildman–Crippen LogP) is 0.906. The average molecular weight is 215 g/mol. The second-order valence-electron chi connectivity index (χ2n) is 4.21. The zero-order chi connectivity index (χ0) is 11.3. The van der Waals surface area contributed by atoms with Crippen molar-refractivity contribution >= 4 is 5.97 Å². The summed E-state index contributed by atoms with van der Waals surface area (Å²) in [6, 6.07) is 0.547. The number of ether oxygens (including phenoxy) is 2. The monoisotopic (exact) mass is 215 g/mol. The Balaban J connectivity index is 2.33. The number of nitrogens with zero attached hydrogens (tertiary/aromatic N) is 1. The SMILES string of the molecule is COC(=O)C(C)CN(C)C1CCOCC1. The molecule has 0 bridgehead atoms. The molecule has 1 saturated heterocycles. The van der Waals surface area contributed by atoms with Gasteiger partial charge in [0.25, 0.3) is 0 Å². The van der Waals surface area contributed by atoms with Crippen LogP contribution < -0.4 is 0 Å². The first-order valence-corrected chi connectivity index (χ1v) is 5.51. The van der Waals surface area contributed by atoms with Crippen molar-refractivity contribution in [3.8, 4) is 0 Å². The highest BCUT2D eigenvalue weighted by Crippen LogP contribution is 2.14. The van der Waals surface area contributed by atoms with Crippen molar-refractivity contribution in [2.24, 2.45) is 5.92 Å². The van der Waals surface area contributed by atoms with Crippen LogP contribution >= 0.6 is 0 Å². The molecule has 0 N–H and O–H groups in total. The van der Waals surface area contributed by atoms with E-state index in [0.29, 0.717) is 6.04 Å². The van der Waals surface area contributed by atoms with Crippen molar-refractivity contribution in [1.29, 1.82) is 0 Å². The Morgan fingerprint density at radius 1 is 1.53 bits per heavy atom. The fraction of sp³-hybridized carbons (Fsp3) is 0.909.